The second kappa shape index (κ2) is 4.76. The Labute approximate surface area is 112 Å². The number of esters is 1. The Balaban J connectivity index is 2.15. The van der Waals surface area contributed by atoms with Gasteiger partial charge in [-0.15, -0.1) is 0 Å². The summed E-state index contributed by atoms with van der Waals surface area (Å²) in [5.41, 5.74) is 4.90. The van der Waals surface area contributed by atoms with Gasteiger partial charge in [0.1, 0.15) is 0 Å². The Bertz CT molecular complexity index is 620. The highest BCUT2D eigenvalue weighted by molar-refractivity contribution is 5.98. The zero-order valence-electron chi connectivity index (χ0n) is 10.8. The van der Waals surface area contributed by atoms with Gasteiger partial charge in [0.25, 0.3) is 0 Å². The normalized spacial score (nSPS) is 12.7. The first-order chi connectivity index (χ1) is 9.29. The minimum Gasteiger partial charge on any atom is -0.465 e. The Morgan fingerprint density at radius 3 is 2.68 bits per heavy atom. The van der Waals surface area contributed by atoms with Crippen LogP contribution >= 0.6 is 0 Å². The quantitative estimate of drug-likeness (QED) is 0.836. The van der Waals surface area contributed by atoms with E-state index in [1.165, 1.54) is 12.7 Å². The van der Waals surface area contributed by atoms with Crippen molar-refractivity contribution in [1.29, 1.82) is 0 Å². The van der Waals surface area contributed by atoms with E-state index in [-0.39, 0.29) is 5.97 Å². The van der Waals surface area contributed by atoms with Gasteiger partial charge in [-0.2, -0.15) is 0 Å². The number of carbonyl (C=O) groups excluding carboxylic acids is 1. The van der Waals surface area contributed by atoms with Crippen LogP contribution < -0.4 is 5.32 Å². The highest BCUT2D eigenvalue weighted by atomic mass is 16.5. The van der Waals surface area contributed by atoms with Crippen LogP contribution in [0.2, 0.25) is 0 Å². The minimum absolute atomic E-state index is 0.288. The van der Waals surface area contributed by atoms with Crippen LogP contribution in [0.4, 0.5) is 5.69 Å². The summed E-state index contributed by atoms with van der Waals surface area (Å²) in [6.45, 7) is 0.873. The maximum atomic E-state index is 11.9. The molecule has 19 heavy (non-hydrogen) atoms. The third kappa shape index (κ3) is 2.08. The van der Waals surface area contributed by atoms with Crippen LogP contribution in [0.25, 0.3) is 11.1 Å². The summed E-state index contributed by atoms with van der Waals surface area (Å²) in [5.74, 6) is -0.288. The zero-order valence-corrected chi connectivity index (χ0v) is 10.8. The average Bonchev–Trinajstić information content (AvgIpc) is 2.94. The van der Waals surface area contributed by atoms with Crippen LogP contribution in [-0.2, 0) is 11.2 Å². The molecule has 0 amide bonds. The molecule has 0 atom stereocenters. The molecule has 0 unspecified atom stereocenters. The number of nitrogens with one attached hydrogen (secondary N) is 1. The summed E-state index contributed by atoms with van der Waals surface area (Å²) in [7, 11) is 1.42. The van der Waals surface area contributed by atoms with Crippen molar-refractivity contribution in [2.45, 2.75) is 6.42 Å². The van der Waals surface area contributed by atoms with Crippen molar-refractivity contribution in [3.05, 3.63) is 53.6 Å². The fraction of sp³-hybridized carbons (Fsp3) is 0.188. The van der Waals surface area contributed by atoms with E-state index in [1.54, 1.807) is 0 Å². The van der Waals surface area contributed by atoms with Crippen molar-refractivity contribution in [1.82, 2.24) is 0 Å². The van der Waals surface area contributed by atoms with Gasteiger partial charge in [0.15, 0.2) is 0 Å². The number of fused-ring (bicyclic) bond motifs is 1. The maximum absolute atomic E-state index is 11.9. The second-order valence-corrected chi connectivity index (χ2v) is 4.59. The van der Waals surface area contributed by atoms with Gasteiger partial charge in [0.05, 0.1) is 18.4 Å². The van der Waals surface area contributed by atoms with E-state index in [4.69, 9.17) is 4.74 Å². The van der Waals surface area contributed by atoms with Gasteiger partial charge in [-0.25, -0.2) is 4.79 Å². The fourth-order valence-electron chi connectivity index (χ4n) is 2.50. The topological polar surface area (TPSA) is 38.3 Å². The van der Waals surface area contributed by atoms with E-state index in [0.29, 0.717) is 5.56 Å². The molecule has 96 valence electrons. The molecule has 0 spiro atoms. The number of rotatable bonds is 2. The molecule has 2 aromatic carbocycles. The van der Waals surface area contributed by atoms with E-state index in [9.17, 15) is 4.79 Å². The van der Waals surface area contributed by atoms with Gasteiger partial charge in [0, 0.05) is 6.54 Å². The Hall–Kier alpha value is -2.29. The first-order valence-electron chi connectivity index (χ1n) is 6.34. The fourth-order valence-corrected chi connectivity index (χ4v) is 2.50. The van der Waals surface area contributed by atoms with Crippen molar-refractivity contribution in [3.63, 3.8) is 0 Å². The van der Waals surface area contributed by atoms with Crippen molar-refractivity contribution in [2.24, 2.45) is 0 Å². The van der Waals surface area contributed by atoms with E-state index < -0.39 is 0 Å². The summed E-state index contributed by atoms with van der Waals surface area (Å²) < 4.78 is 4.87. The first kappa shape index (κ1) is 11.8. The van der Waals surface area contributed by atoms with Gasteiger partial charge in [-0.05, 0) is 35.2 Å². The molecule has 0 fully saturated rings. The van der Waals surface area contributed by atoms with Crippen LogP contribution in [0.5, 0.6) is 0 Å². The molecule has 1 heterocycles. The van der Waals surface area contributed by atoms with Gasteiger partial charge in [-0.1, -0.05) is 30.3 Å². The van der Waals surface area contributed by atoms with E-state index in [1.807, 2.05) is 36.4 Å². The molecule has 3 rings (SSSR count). The number of methoxy groups -OCH3 is 1. The molecule has 3 heteroatoms. The zero-order chi connectivity index (χ0) is 13.2. The monoisotopic (exact) mass is 253 g/mol. The average molecular weight is 253 g/mol. The lowest BCUT2D eigenvalue weighted by Gasteiger charge is -2.10. The smallest absolute Gasteiger partial charge is 0.339 e. The highest BCUT2D eigenvalue weighted by Gasteiger charge is 2.21. The van der Waals surface area contributed by atoms with Crippen LogP contribution in [0.3, 0.4) is 0 Å². The lowest BCUT2D eigenvalue weighted by atomic mass is 9.98. The largest absolute Gasteiger partial charge is 0.465 e. The van der Waals surface area contributed by atoms with E-state index in [2.05, 4.69) is 11.4 Å². The molecule has 1 aliphatic heterocycles. The molecule has 0 saturated carbocycles. The van der Waals surface area contributed by atoms with Crippen molar-refractivity contribution in [3.8, 4) is 11.1 Å². The summed E-state index contributed by atoms with van der Waals surface area (Å²) in [5, 5.41) is 3.26. The summed E-state index contributed by atoms with van der Waals surface area (Å²) in [4.78, 5) is 11.9. The van der Waals surface area contributed by atoms with Gasteiger partial charge in [0.2, 0.25) is 0 Å². The Morgan fingerprint density at radius 1 is 1.16 bits per heavy atom. The van der Waals surface area contributed by atoms with Crippen LogP contribution in [0.1, 0.15) is 15.9 Å². The maximum Gasteiger partial charge on any atom is 0.339 e. The number of anilines is 1. The van der Waals surface area contributed by atoms with E-state index >= 15 is 0 Å². The molecule has 3 nitrogen and oxygen atoms in total. The molecule has 1 N–H and O–H groups in total. The highest BCUT2D eigenvalue weighted by Crippen LogP contribution is 2.32. The molecule has 0 radical (unpaired) electrons. The molecular formula is C16H15NO2. The number of ether oxygens (including phenoxy) is 1. The van der Waals surface area contributed by atoms with Crippen molar-refractivity contribution >= 4 is 11.7 Å². The van der Waals surface area contributed by atoms with Crippen molar-refractivity contribution < 1.29 is 9.53 Å². The Kier molecular flexibility index (Phi) is 2.95. The molecule has 0 aromatic heterocycles. The number of hydrogen-bond donors (Lipinski definition) is 1. The van der Waals surface area contributed by atoms with Crippen molar-refractivity contribution in [2.75, 3.05) is 19.0 Å². The lowest BCUT2D eigenvalue weighted by molar-refractivity contribution is 0.0602. The molecule has 0 aliphatic carbocycles. The SMILES string of the molecule is COC(=O)c1cc(-c2ccccc2)cc2c1NCC2. The van der Waals surface area contributed by atoms with Crippen LogP contribution in [0.15, 0.2) is 42.5 Å². The standard InChI is InChI=1S/C16H15NO2/c1-19-16(18)14-10-13(11-5-3-2-4-6-11)9-12-7-8-17-15(12)14/h2-6,9-10,17H,7-8H2,1H3. The van der Waals surface area contributed by atoms with Crippen LogP contribution in [0, 0.1) is 0 Å². The summed E-state index contributed by atoms with van der Waals surface area (Å²) >= 11 is 0. The number of hydrogen-bond acceptors (Lipinski definition) is 3. The van der Waals surface area contributed by atoms with Crippen LogP contribution in [-0.4, -0.2) is 19.6 Å². The summed E-state index contributed by atoms with van der Waals surface area (Å²) in [6.07, 6.45) is 0.944. The first-order valence-corrected chi connectivity index (χ1v) is 6.34. The molecule has 0 saturated heterocycles. The van der Waals surface area contributed by atoms with Gasteiger partial charge < -0.3 is 10.1 Å². The Morgan fingerprint density at radius 2 is 1.95 bits per heavy atom. The second-order valence-electron chi connectivity index (χ2n) is 4.59. The third-order valence-corrected chi connectivity index (χ3v) is 3.43. The van der Waals surface area contributed by atoms with Gasteiger partial charge >= 0.3 is 5.97 Å². The predicted molar refractivity (Wildman–Crippen MR) is 75.4 cm³/mol. The number of carbonyl (C=O) groups is 1. The minimum atomic E-state index is -0.288. The molecular weight excluding hydrogens is 238 g/mol. The molecule has 1 aliphatic rings. The van der Waals surface area contributed by atoms with Gasteiger partial charge in [-0.3, -0.25) is 0 Å². The summed E-state index contributed by atoms with van der Waals surface area (Å²) in [6, 6.07) is 14.1. The number of benzene rings is 2. The lowest BCUT2D eigenvalue weighted by Crippen LogP contribution is -2.05. The molecule has 2 aromatic rings. The van der Waals surface area contributed by atoms with E-state index in [0.717, 1.165) is 29.8 Å². The predicted octanol–water partition coefficient (Wildman–Crippen LogP) is 3.11. The molecule has 0 bridgehead atoms. The third-order valence-electron chi connectivity index (χ3n) is 3.43.